The van der Waals surface area contributed by atoms with Crippen LogP contribution in [0.2, 0.25) is 10.0 Å². The van der Waals surface area contributed by atoms with E-state index in [1.807, 2.05) is 6.92 Å². The fourth-order valence-electron chi connectivity index (χ4n) is 5.17. The third-order valence-corrected chi connectivity index (χ3v) is 7.85. The summed E-state index contributed by atoms with van der Waals surface area (Å²) in [7, 11) is 0. The molecule has 0 radical (unpaired) electrons. The van der Waals surface area contributed by atoms with Gasteiger partial charge in [0, 0.05) is 12.2 Å². The largest absolute Gasteiger partial charge is 0.329 e. The number of hydrogen-bond donors (Lipinski definition) is 2. The molecule has 3 unspecified atom stereocenters. The van der Waals surface area contributed by atoms with Gasteiger partial charge in [-0.3, -0.25) is 19.3 Å². The predicted molar refractivity (Wildman–Crippen MR) is 125 cm³/mol. The summed E-state index contributed by atoms with van der Waals surface area (Å²) in [6.07, 6.45) is 5.38. The summed E-state index contributed by atoms with van der Waals surface area (Å²) in [5.41, 5.74) is -0.433. The molecule has 3 aliphatic rings. The molecule has 1 saturated carbocycles. The summed E-state index contributed by atoms with van der Waals surface area (Å²) in [6, 6.07) is 3.55. The van der Waals surface area contributed by atoms with E-state index in [-0.39, 0.29) is 24.3 Å². The second-order valence-corrected chi connectivity index (χ2v) is 9.97. The number of halogens is 2. The minimum absolute atomic E-state index is 0.0162. The average molecular weight is 495 g/mol. The Kier molecular flexibility index (Phi) is 6.86. The highest BCUT2D eigenvalue weighted by Crippen LogP contribution is 2.38. The number of piperidine rings is 1. The molecule has 1 aliphatic carbocycles. The summed E-state index contributed by atoms with van der Waals surface area (Å²) in [4.78, 5) is 54.6. The molecule has 0 bridgehead atoms. The van der Waals surface area contributed by atoms with Gasteiger partial charge in [0.2, 0.25) is 11.8 Å². The summed E-state index contributed by atoms with van der Waals surface area (Å²) in [5, 5.41) is 6.35. The van der Waals surface area contributed by atoms with Crippen LogP contribution in [0.1, 0.15) is 51.9 Å². The van der Waals surface area contributed by atoms with Gasteiger partial charge in [0.1, 0.15) is 18.1 Å². The molecule has 2 N–H and O–H groups in total. The fourth-order valence-corrected chi connectivity index (χ4v) is 5.47. The van der Waals surface area contributed by atoms with E-state index in [1.54, 1.807) is 18.2 Å². The molecule has 3 atom stereocenters. The maximum atomic E-state index is 13.2. The Bertz CT molecular complexity index is 987. The summed E-state index contributed by atoms with van der Waals surface area (Å²) >= 11 is 12.0. The van der Waals surface area contributed by atoms with E-state index in [0.717, 1.165) is 37.0 Å². The zero-order chi connectivity index (χ0) is 23.8. The molecule has 2 heterocycles. The number of carbonyl (C=O) groups excluding carboxylic acids is 4. The molecule has 2 aliphatic heterocycles. The Morgan fingerprint density at radius 2 is 1.88 bits per heavy atom. The molecule has 33 heavy (non-hydrogen) atoms. The maximum Gasteiger partial charge on any atom is 0.325 e. The second-order valence-electron chi connectivity index (χ2n) is 9.16. The molecule has 1 aromatic carbocycles. The normalized spacial score (nSPS) is 27.6. The lowest BCUT2D eigenvalue weighted by molar-refractivity contribution is -0.144. The van der Waals surface area contributed by atoms with Crippen molar-refractivity contribution in [3.63, 3.8) is 0 Å². The first-order valence-electron chi connectivity index (χ1n) is 11.4. The maximum absolute atomic E-state index is 13.2. The molecule has 0 aromatic heterocycles. The minimum Gasteiger partial charge on any atom is -0.329 e. The molecule has 5 amide bonds. The van der Waals surface area contributed by atoms with Crippen LogP contribution in [-0.4, -0.2) is 58.2 Å². The van der Waals surface area contributed by atoms with E-state index >= 15 is 0 Å². The number of rotatable bonds is 4. The van der Waals surface area contributed by atoms with Crippen LogP contribution in [0.25, 0.3) is 0 Å². The van der Waals surface area contributed by atoms with Gasteiger partial charge >= 0.3 is 6.03 Å². The molecule has 4 rings (SSSR count). The number of nitrogens with zero attached hydrogens (tertiary/aromatic N) is 2. The van der Waals surface area contributed by atoms with Crippen LogP contribution in [0.4, 0.5) is 10.5 Å². The minimum atomic E-state index is -0.915. The molecule has 1 spiro atoms. The number of likely N-dealkylation sites (tertiary alicyclic amines) is 1. The van der Waals surface area contributed by atoms with Crippen LogP contribution in [0.15, 0.2) is 18.2 Å². The first-order chi connectivity index (χ1) is 15.7. The van der Waals surface area contributed by atoms with Crippen molar-refractivity contribution >= 4 is 52.6 Å². The van der Waals surface area contributed by atoms with Gasteiger partial charge in [-0.25, -0.2) is 4.79 Å². The Labute approximate surface area is 202 Å². The van der Waals surface area contributed by atoms with Gasteiger partial charge in [-0.2, -0.15) is 0 Å². The third kappa shape index (κ3) is 4.55. The number of amides is 5. The molecular weight excluding hydrogens is 467 g/mol. The van der Waals surface area contributed by atoms with E-state index in [9.17, 15) is 19.2 Å². The Morgan fingerprint density at radius 3 is 2.61 bits per heavy atom. The quantitative estimate of drug-likeness (QED) is 0.621. The Balaban J connectivity index is 1.46. The Hall–Kier alpha value is -2.32. The molecule has 10 heteroatoms. The monoisotopic (exact) mass is 494 g/mol. The molecule has 3 fully saturated rings. The van der Waals surface area contributed by atoms with E-state index in [4.69, 9.17) is 23.2 Å². The lowest BCUT2D eigenvalue weighted by atomic mass is 9.73. The van der Waals surface area contributed by atoms with Crippen LogP contribution in [-0.2, 0) is 14.4 Å². The average Bonchev–Trinajstić information content (AvgIpc) is 3.03. The van der Waals surface area contributed by atoms with Crippen molar-refractivity contribution in [3.8, 4) is 0 Å². The SMILES string of the molecule is CC1CCCCC12NC(=O)N(CC(=O)N1CCCCC1C(=O)Nc1ccc(Cl)c(Cl)c1)C2=O. The first kappa shape index (κ1) is 23.8. The lowest BCUT2D eigenvalue weighted by Gasteiger charge is -2.37. The van der Waals surface area contributed by atoms with E-state index in [1.165, 1.54) is 4.90 Å². The fraction of sp³-hybridized carbons (Fsp3) is 0.565. The number of nitrogens with one attached hydrogen (secondary N) is 2. The standard InChI is InChI=1S/C23H28Cl2N4O4/c1-14-6-2-4-10-23(14)21(32)29(22(33)27-23)13-19(30)28-11-5-3-7-18(28)20(31)26-15-8-9-16(24)17(25)12-15/h8-9,12,14,18H,2-7,10-11,13H2,1H3,(H,26,31)(H,27,33). The number of anilines is 1. The van der Waals surface area contributed by atoms with Gasteiger partial charge in [0.05, 0.1) is 10.0 Å². The molecule has 8 nitrogen and oxygen atoms in total. The topological polar surface area (TPSA) is 98.8 Å². The number of benzene rings is 1. The van der Waals surface area contributed by atoms with E-state index < -0.39 is 23.5 Å². The number of imide groups is 1. The van der Waals surface area contributed by atoms with Gasteiger partial charge in [-0.1, -0.05) is 43.0 Å². The van der Waals surface area contributed by atoms with Crippen molar-refractivity contribution in [2.45, 2.75) is 63.5 Å². The third-order valence-electron chi connectivity index (χ3n) is 7.11. The molecule has 2 saturated heterocycles. The van der Waals surface area contributed by atoms with Crippen LogP contribution < -0.4 is 10.6 Å². The zero-order valence-electron chi connectivity index (χ0n) is 18.5. The summed E-state index contributed by atoms with van der Waals surface area (Å²) < 4.78 is 0. The van der Waals surface area contributed by atoms with Crippen LogP contribution in [0.5, 0.6) is 0 Å². The number of carbonyl (C=O) groups is 4. The Morgan fingerprint density at radius 1 is 1.12 bits per heavy atom. The van der Waals surface area contributed by atoms with Crippen LogP contribution in [0.3, 0.4) is 0 Å². The molecule has 1 aromatic rings. The van der Waals surface area contributed by atoms with E-state index in [2.05, 4.69) is 10.6 Å². The highest BCUT2D eigenvalue weighted by atomic mass is 35.5. The second kappa shape index (κ2) is 9.50. The summed E-state index contributed by atoms with van der Waals surface area (Å²) in [5.74, 6) is -1.06. The van der Waals surface area contributed by atoms with Crippen LogP contribution >= 0.6 is 23.2 Å². The van der Waals surface area contributed by atoms with Gasteiger partial charge in [-0.05, 0) is 56.2 Å². The lowest BCUT2D eigenvalue weighted by Crippen LogP contribution is -2.55. The van der Waals surface area contributed by atoms with Gasteiger partial charge in [0.15, 0.2) is 0 Å². The van der Waals surface area contributed by atoms with Gasteiger partial charge in [0.25, 0.3) is 5.91 Å². The first-order valence-corrected chi connectivity index (χ1v) is 12.2. The highest BCUT2D eigenvalue weighted by Gasteiger charge is 2.55. The van der Waals surface area contributed by atoms with Crippen molar-refractivity contribution in [2.24, 2.45) is 5.92 Å². The summed E-state index contributed by atoms with van der Waals surface area (Å²) in [6.45, 7) is 2.00. The highest BCUT2D eigenvalue weighted by molar-refractivity contribution is 6.42. The molecular formula is C23H28Cl2N4O4. The van der Waals surface area contributed by atoms with Crippen molar-refractivity contribution in [3.05, 3.63) is 28.2 Å². The van der Waals surface area contributed by atoms with E-state index in [0.29, 0.717) is 35.1 Å². The smallest absolute Gasteiger partial charge is 0.325 e. The van der Waals surface area contributed by atoms with Gasteiger partial charge < -0.3 is 15.5 Å². The molecule has 178 valence electrons. The van der Waals surface area contributed by atoms with Gasteiger partial charge in [-0.15, -0.1) is 0 Å². The number of urea groups is 1. The van der Waals surface area contributed by atoms with Crippen LogP contribution in [0, 0.1) is 5.92 Å². The number of hydrogen-bond acceptors (Lipinski definition) is 4. The van der Waals surface area contributed by atoms with Crippen molar-refractivity contribution in [2.75, 3.05) is 18.4 Å². The predicted octanol–water partition coefficient (Wildman–Crippen LogP) is 3.81. The zero-order valence-corrected chi connectivity index (χ0v) is 20.0. The van der Waals surface area contributed by atoms with Crippen molar-refractivity contribution in [1.82, 2.24) is 15.1 Å². The van der Waals surface area contributed by atoms with Crippen molar-refractivity contribution in [1.29, 1.82) is 0 Å². The van der Waals surface area contributed by atoms with Crippen molar-refractivity contribution < 1.29 is 19.2 Å².